The van der Waals surface area contributed by atoms with Crippen LogP contribution in [0, 0.1) is 11.8 Å². The Morgan fingerprint density at radius 3 is 2.81 bits per heavy atom. The first kappa shape index (κ1) is 18.3. The summed E-state index contributed by atoms with van der Waals surface area (Å²) in [5.74, 6) is 1.12. The number of carbonyl (C=O) groups is 2. The zero-order chi connectivity index (χ0) is 18.8. The Bertz CT molecular complexity index is 710. The van der Waals surface area contributed by atoms with Gasteiger partial charge in [-0.1, -0.05) is 19.3 Å². The number of benzene rings is 1. The average molecular weight is 371 g/mol. The van der Waals surface area contributed by atoms with E-state index < -0.39 is 0 Å². The molecule has 2 fully saturated rings. The van der Waals surface area contributed by atoms with Crippen molar-refractivity contribution in [3.8, 4) is 5.75 Å². The number of fused-ring (bicyclic) bond motifs is 1. The second kappa shape index (κ2) is 7.91. The van der Waals surface area contributed by atoms with Crippen LogP contribution in [0.5, 0.6) is 5.75 Å². The molecule has 4 rings (SSSR count). The van der Waals surface area contributed by atoms with Crippen LogP contribution in [0.4, 0.5) is 0 Å². The van der Waals surface area contributed by atoms with E-state index in [0.717, 1.165) is 42.6 Å². The number of esters is 1. The SMILES string of the molecule is CCOC(=O)[C@H]1C[C@@H]1CN(C(=O)c1ccc2c(c1)CCO2)C1CCCCC1. The zero-order valence-corrected chi connectivity index (χ0v) is 16.1. The van der Waals surface area contributed by atoms with Crippen LogP contribution >= 0.6 is 0 Å². The van der Waals surface area contributed by atoms with Crippen LogP contribution in [-0.4, -0.2) is 42.6 Å². The normalized spacial score (nSPS) is 24.0. The Balaban J connectivity index is 1.49. The monoisotopic (exact) mass is 371 g/mol. The highest BCUT2D eigenvalue weighted by atomic mass is 16.5. The Labute approximate surface area is 161 Å². The molecule has 2 atom stereocenters. The fraction of sp³-hybridized carbons (Fsp3) is 0.636. The van der Waals surface area contributed by atoms with E-state index >= 15 is 0 Å². The van der Waals surface area contributed by atoms with Crippen molar-refractivity contribution >= 4 is 11.9 Å². The molecule has 0 bridgehead atoms. The molecule has 0 radical (unpaired) electrons. The summed E-state index contributed by atoms with van der Waals surface area (Å²) in [4.78, 5) is 27.4. The highest BCUT2D eigenvalue weighted by Crippen LogP contribution is 2.41. The molecule has 5 nitrogen and oxygen atoms in total. The average Bonchev–Trinajstić information content (AvgIpc) is 3.32. The highest BCUT2D eigenvalue weighted by molar-refractivity contribution is 5.95. The van der Waals surface area contributed by atoms with Crippen molar-refractivity contribution in [1.29, 1.82) is 0 Å². The van der Waals surface area contributed by atoms with Crippen molar-refractivity contribution < 1.29 is 19.1 Å². The molecule has 0 N–H and O–H groups in total. The summed E-state index contributed by atoms with van der Waals surface area (Å²) in [6.07, 6.45) is 7.45. The molecule has 5 heteroatoms. The molecule has 1 heterocycles. The Kier molecular flexibility index (Phi) is 5.37. The van der Waals surface area contributed by atoms with Crippen LogP contribution in [-0.2, 0) is 16.0 Å². The summed E-state index contributed by atoms with van der Waals surface area (Å²) in [6, 6.07) is 6.10. The molecule has 0 spiro atoms. The predicted octanol–water partition coefficient (Wildman–Crippen LogP) is 3.60. The largest absolute Gasteiger partial charge is 0.493 e. The van der Waals surface area contributed by atoms with Crippen molar-refractivity contribution in [1.82, 2.24) is 4.90 Å². The molecule has 2 saturated carbocycles. The van der Waals surface area contributed by atoms with Crippen molar-refractivity contribution in [2.75, 3.05) is 19.8 Å². The smallest absolute Gasteiger partial charge is 0.309 e. The first-order valence-corrected chi connectivity index (χ1v) is 10.4. The van der Waals surface area contributed by atoms with Crippen LogP contribution in [0.3, 0.4) is 0 Å². The lowest BCUT2D eigenvalue weighted by molar-refractivity contribution is -0.145. The maximum absolute atomic E-state index is 13.4. The first-order valence-electron chi connectivity index (χ1n) is 10.4. The van der Waals surface area contributed by atoms with Gasteiger partial charge in [-0.3, -0.25) is 9.59 Å². The third kappa shape index (κ3) is 3.97. The molecule has 0 saturated heterocycles. The molecule has 146 valence electrons. The van der Waals surface area contributed by atoms with E-state index in [0.29, 0.717) is 25.8 Å². The van der Waals surface area contributed by atoms with E-state index in [9.17, 15) is 9.59 Å². The van der Waals surface area contributed by atoms with E-state index in [1.807, 2.05) is 25.1 Å². The number of hydrogen-bond donors (Lipinski definition) is 0. The van der Waals surface area contributed by atoms with E-state index in [-0.39, 0.29) is 23.7 Å². The van der Waals surface area contributed by atoms with E-state index in [2.05, 4.69) is 4.90 Å². The molecule has 27 heavy (non-hydrogen) atoms. The van der Waals surface area contributed by atoms with Crippen molar-refractivity contribution in [2.45, 2.75) is 57.9 Å². The highest BCUT2D eigenvalue weighted by Gasteiger charge is 2.46. The summed E-state index contributed by atoms with van der Waals surface area (Å²) in [6.45, 7) is 3.62. The Morgan fingerprint density at radius 1 is 1.22 bits per heavy atom. The summed E-state index contributed by atoms with van der Waals surface area (Å²) in [5, 5.41) is 0. The van der Waals surface area contributed by atoms with Gasteiger partial charge in [0.2, 0.25) is 0 Å². The molecule has 0 aromatic heterocycles. The van der Waals surface area contributed by atoms with Crippen LogP contribution in [0.25, 0.3) is 0 Å². The lowest BCUT2D eigenvalue weighted by Crippen LogP contribution is -2.43. The third-order valence-corrected chi connectivity index (χ3v) is 6.16. The van der Waals surface area contributed by atoms with Crippen LogP contribution in [0.15, 0.2) is 18.2 Å². The van der Waals surface area contributed by atoms with Gasteiger partial charge in [0.05, 0.1) is 19.1 Å². The van der Waals surface area contributed by atoms with Crippen molar-refractivity contribution in [3.05, 3.63) is 29.3 Å². The number of nitrogens with zero attached hydrogens (tertiary/aromatic N) is 1. The summed E-state index contributed by atoms with van der Waals surface area (Å²) < 4.78 is 10.7. The Hall–Kier alpha value is -2.04. The van der Waals surface area contributed by atoms with E-state index in [1.165, 1.54) is 19.3 Å². The van der Waals surface area contributed by atoms with E-state index in [4.69, 9.17) is 9.47 Å². The van der Waals surface area contributed by atoms with Gasteiger partial charge in [-0.15, -0.1) is 0 Å². The summed E-state index contributed by atoms with van der Waals surface area (Å²) in [7, 11) is 0. The van der Waals surface area contributed by atoms with Gasteiger partial charge in [0.15, 0.2) is 0 Å². The van der Waals surface area contributed by atoms with Gasteiger partial charge >= 0.3 is 5.97 Å². The predicted molar refractivity (Wildman–Crippen MR) is 102 cm³/mol. The van der Waals surface area contributed by atoms with Gasteiger partial charge in [-0.25, -0.2) is 0 Å². The van der Waals surface area contributed by atoms with Crippen LogP contribution < -0.4 is 4.74 Å². The first-order chi connectivity index (χ1) is 13.2. The van der Waals surface area contributed by atoms with Gasteiger partial charge in [0.1, 0.15) is 5.75 Å². The maximum Gasteiger partial charge on any atom is 0.309 e. The minimum Gasteiger partial charge on any atom is -0.493 e. The lowest BCUT2D eigenvalue weighted by Gasteiger charge is -2.35. The summed E-state index contributed by atoms with van der Waals surface area (Å²) in [5.41, 5.74) is 1.87. The minimum atomic E-state index is -0.103. The number of amides is 1. The standard InChI is InChI=1S/C22H29NO4/c1-2-26-22(25)19-13-17(19)14-23(18-6-4-3-5-7-18)21(24)16-8-9-20-15(12-16)10-11-27-20/h8-9,12,17-19H,2-7,10-11,13-14H2,1H3/t17-,19+/m1/s1. The van der Waals surface area contributed by atoms with Crippen LogP contribution in [0.2, 0.25) is 0 Å². The molecule has 0 unspecified atom stereocenters. The maximum atomic E-state index is 13.4. The fourth-order valence-corrected chi connectivity index (χ4v) is 4.52. The molecule has 1 aromatic rings. The lowest BCUT2D eigenvalue weighted by atomic mass is 9.93. The number of rotatable bonds is 6. The molecular formula is C22H29NO4. The minimum absolute atomic E-state index is 0.0303. The Morgan fingerprint density at radius 2 is 2.04 bits per heavy atom. The molecule has 1 aliphatic heterocycles. The summed E-state index contributed by atoms with van der Waals surface area (Å²) >= 11 is 0. The quantitative estimate of drug-likeness (QED) is 0.717. The second-order valence-electron chi connectivity index (χ2n) is 8.02. The van der Waals surface area contributed by atoms with Crippen molar-refractivity contribution in [2.24, 2.45) is 11.8 Å². The zero-order valence-electron chi connectivity index (χ0n) is 16.1. The number of ether oxygens (including phenoxy) is 2. The van der Waals surface area contributed by atoms with E-state index in [1.54, 1.807) is 0 Å². The topological polar surface area (TPSA) is 55.8 Å². The van der Waals surface area contributed by atoms with Gasteiger partial charge in [0.25, 0.3) is 5.91 Å². The van der Waals surface area contributed by atoms with Crippen molar-refractivity contribution in [3.63, 3.8) is 0 Å². The fourth-order valence-electron chi connectivity index (χ4n) is 4.52. The molecule has 1 aromatic carbocycles. The molecule has 3 aliphatic rings. The molecule has 2 aliphatic carbocycles. The number of hydrogen-bond acceptors (Lipinski definition) is 4. The second-order valence-corrected chi connectivity index (χ2v) is 8.02. The van der Waals surface area contributed by atoms with Crippen LogP contribution in [0.1, 0.15) is 61.4 Å². The third-order valence-electron chi connectivity index (χ3n) is 6.16. The van der Waals surface area contributed by atoms with Gasteiger partial charge < -0.3 is 14.4 Å². The molecular weight excluding hydrogens is 342 g/mol. The number of carbonyl (C=O) groups excluding carboxylic acids is 2. The van der Waals surface area contributed by atoms with Gasteiger partial charge in [-0.05, 0) is 55.9 Å². The molecule has 1 amide bonds. The van der Waals surface area contributed by atoms with Gasteiger partial charge in [0, 0.05) is 24.6 Å². The van der Waals surface area contributed by atoms with Gasteiger partial charge in [-0.2, -0.15) is 0 Å².